The molecule has 3 N–H and O–H groups in total. The molecule has 0 radical (unpaired) electrons. The molecule has 0 saturated heterocycles. The molecule has 4 rings (SSSR count). The number of nitrogens with one attached hydrogen (secondary N) is 2. The first-order valence-corrected chi connectivity index (χ1v) is 15.2. The zero-order valence-electron chi connectivity index (χ0n) is 27.4. The smallest absolute Gasteiger partial charge is 0.328 e. The largest absolute Gasteiger partial charge is 0.508 e. The Labute approximate surface area is 270 Å². The number of ether oxygens (including phenoxy) is 1. The molecule has 1 aromatic heterocycles. The highest BCUT2D eigenvalue weighted by Crippen LogP contribution is 2.26. The van der Waals surface area contributed by atoms with Crippen molar-refractivity contribution in [2.75, 3.05) is 0 Å². The van der Waals surface area contributed by atoms with Gasteiger partial charge in [-0.1, -0.05) is 69.3 Å². The average molecular weight is 623 g/mol. The normalized spacial score (nSPS) is 12.9. The third kappa shape index (κ3) is 9.23. The lowest BCUT2D eigenvalue weighted by atomic mass is 9.86. The van der Waals surface area contributed by atoms with E-state index < -0.39 is 29.6 Å². The fraction of sp³-hybridized carbons (Fsp3) is 0.324. The van der Waals surface area contributed by atoms with Gasteiger partial charge in [0, 0.05) is 29.1 Å². The van der Waals surface area contributed by atoms with Crippen LogP contribution in [0.2, 0.25) is 0 Å². The maximum Gasteiger partial charge on any atom is 0.328 e. The first-order chi connectivity index (χ1) is 21.6. The van der Waals surface area contributed by atoms with Crippen LogP contribution in [0.25, 0.3) is 22.5 Å². The van der Waals surface area contributed by atoms with Crippen LogP contribution in [-0.2, 0) is 19.7 Å². The monoisotopic (exact) mass is 622 g/mol. The van der Waals surface area contributed by atoms with Crippen molar-refractivity contribution in [3.05, 3.63) is 102 Å². The van der Waals surface area contributed by atoms with Crippen molar-refractivity contribution in [2.24, 2.45) is 0 Å². The van der Waals surface area contributed by atoms with Crippen LogP contribution in [0.3, 0.4) is 0 Å². The van der Waals surface area contributed by atoms with Crippen molar-refractivity contribution in [2.45, 2.75) is 78.0 Å². The molecular formula is C37H42N4O5. The Morgan fingerprint density at radius 3 is 1.87 bits per heavy atom. The van der Waals surface area contributed by atoms with Crippen LogP contribution in [0.15, 0.2) is 85.2 Å². The van der Waals surface area contributed by atoms with Crippen molar-refractivity contribution in [1.82, 2.24) is 20.6 Å². The van der Waals surface area contributed by atoms with E-state index in [9.17, 15) is 19.5 Å². The van der Waals surface area contributed by atoms with E-state index in [1.807, 2.05) is 36.4 Å². The fourth-order valence-corrected chi connectivity index (χ4v) is 4.69. The number of phenolic OH excluding ortho intramolecular Hbond substituents is 1. The topological polar surface area (TPSA) is 131 Å². The number of aromatic hydroxyl groups is 1. The molecule has 2 amide bonds. The number of phenols is 1. The van der Waals surface area contributed by atoms with Crippen molar-refractivity contribution in [3.63, 3.8) is 0 Å². The second-order valence-corrected chi connectivity index (χ2v) is 13.3. The molecule has 2 atom stereocenters. The van der Waals surface area contributed by atoms with Crippen LogP contribution < -0.4 is 10.6 Å². The molecule has 0 unspecified atom stereocenters. The van der Waals surface area contributed by atoms with E-state index in [2.05, 4.69) is 41.4 Å². The number of esters is 1. The van der Waals surface area contributed by atoms with Gasteiger partial charge in [0.05, 0.1) is 12.5 Å². The highest BCUT2D eigenvalue weighted by molar-refractivity contribution is 5.95. The molecule has 0 spiro atoms. The summed E-state index contributed by atoms with van der Waals surface area (Å²) in [4.78, 5) is 48.0. The van der Waals surface area contributed by atoms with Crippen LogP contribution >= 0.6 is 0 Å². The quantitative estimate of drug-likeness (QED) is 0.181. The zero-order chi connectivity index (χ0) is 33.6. The summed E-state index contributed by atoms with van der Waals surface area (Å²) in [6.45, 7) is 13.2. The first kappa shape index (κ1) is 33.8. The minimum Gasteiger partial charge on any atom is -0.508 e. The van der Waals surface area contributed by atoms with Crippen molar-refractivity contribution < 1.29 is 24.2 Å². The van der Waals surface area contributed by atoms with Crippen molar-refractivity contribution in [1.29, 1.82) is 0 Å². The number of nitrogens with zero attached hydrogens (tertiary/aromatic N) is 2. The van der Waals surface area contributed by atoms with Gasteiger partial charge < -0.3 is 20.5 Å². The number of hydrogen-bond acceptors (Lipinski definition) is 7. The Balaban J connectivity index is 1.53. The number of benzene rings is 3. The highest BCUT2D eigenvalue weighted by atomic mass is 16.6. The lowest BCUT2D eigenvalue weighted by Crippen LogP contribution is -2.43. The summed E-state index contributed by atoms with van der Waals surface area (Å²) in [5, 5.41) is 15.3. The fourth-order valence-electron chi connectivity index (χ4n) is 4.69. The number of carbonyl (C=O) groups is 3. The molecule has 0 aliphatic heterocycles. The number of carbonyl (C=O) groups excluding carboxylic acids is 3. The van der Waals surface area contributed by atoms with E-state index in [1.165, 1.54) is 0 Å². The Kier molecular flexibility index (Phi) is 10.2. The molecule has 1 heterocycles. The molecule has 0 aliphatic rings. The third-order valence-electron chi connectivity index (χ3n) is 7.27. The molecular weight excluding hydrogens is 580 g/mol. The predicted octanol–water partition coefficient (Wildman–Crippen LogP) is 6.52. The summed E-state index contributed by atoms with van der Waals surface area (Å²) in [5.74, 6) is -0.581. The summed E-state index contributed by atoms with van der Waals surface area (Å²) >= 11 is 0. The van der Waals surface area contributed by atoms with E-state index in [-0.39, 0.29) is 23.5 Å². The number of amides is 2. The average Bonchev–Trinajstić information content (AvgIpc) is 3.00. The Bertz CT molecular complexity index is 1650. The van der Waals surface area contributed by atoms with Gasteiger partial charge in [0.1, 0.15) is 17.4 Å². The number of rotatable bonds is 9. The van der Waals surface area contributed by atoms with Gasteiger partial charge in [0.2, 0.25) is 5.91 Å². The molecule has 46 heavy (non-hydrogen) atoms. The summed E-state index contributed by atoms with van der Waals surface area (Å²) in [5.41, 5.74) is 3.97. The number of aromatic nitrogens is 2. The van der Waals surface area contributed by atoms with Crippen LogP contribution in [-0.4, -0.2) is 44.5 Å². The van der Waals surface area contributed by atoms with Gasteiger partial charge >= 0.3 is 5.97 Å². The highest BCUT2D eigenvalue weighted by Gasteiger charge is 2.26. The SMILES string of the molecule is C[C@@H](NC(=O)C[C@H](NC(=O)c1ccc(C(C)(C)C)cc1)c1ccc(-c2ncc(-c3ccc(O)cc3)cn2)cc1)C(=O)OC(C)(C)C. The van der Waals surface area contributed by atoms with E-state index in [0.717, 1.165) is 22.3 Å². The van der Waals surface area contributed by atoms with E-state index in [1.54, 1.807) is 76.5 Å². The van der Waals surface area contributed by atoms with E-state index in [4.69, 9.17) is 4.74 Å². The summed E-state index contributed by atoms with van der Waals surface area (Å²) in [6, 6.07) is 20.0. The molecule has 9 nitrogen and oxygen atoms in total. The molecule has 240 valence electrons. The second kappa shape index (κ2) is 13.9. The van der Waals surface area contributed by atoms with Gasteiger partial charge in [-0.15, -0.1) is 0 Å². The van der Waals surface area contributed by atoms with Crippen molar-refractivity contribution >= 4 is 17.8 Å². The van der Waals surface area contributed by atoms with E-state index >= 15 is 0 Å². The van der Waals surface area contributed by atoms with Gasteiger partial charge in [-0.05, 0) is 74.1 Å². The van der Waals surface area contributed by atoms with Gasteiger partial charge in [0.25, 0.3) is 5.91 Å². The third-order valence-corrected chi connectivity index (χ3v) is 7.27. The maximum atomic E-state index is 13.4. The molecule has 4 aromatic rings. The Morgan fingerprint density at radius 2 is 1.33 bits per heavy atom. The summed E-state index contributed by atoms with van der Waals surface area (Å²) < 4.78 is 5.39. The second-order valence-electron chi connectivity index (χ2n) is 13.3. The lowest BCUT2D eigenvalue weighted by molar-refractivity contribution is -0.158. The molecule has 0 bridgehead atoms. The Morgan fingerprint density at radius 1 is 0.761 bits per heavy atom. The number of hydrogen-bond donors (Lipinski definition) is 3. The van der Waals surface area contributed by atoms with Gasteiger partial charge in [0.15, 0.2) is 5.82 Å². The van der Waals surface area contributed by atoms with Crippen LogP contribution in [0.1, 0.15) is 82.4 Å². The minimum absolute atomic E-state index is 0.0578. The van der Waals surface area contributed by atoms with Crippen molar-refractivity contribution in [3.8, 4) is 28.3 Å². The Hall–Kier alpha value is -5.05. The molecule has 3 aromatic carbocycles. The lowest BCUT2D eigenvalue weighted by Gasteiger charge is -2.24. The molecule has 0 saturated carbocycles. The van der Waals surface area contributed by atoms with Crippen LogP contribution in [0.5, 0.6) is 5.75 Å². The molecule has 9 heteroatoms. The minimum atomic E-state index is -0.864. The van der Waals surface area contributed by atoms with Gasteiger partial charge in [-0.25, -0.2) is 14.8 Å². The predicted molar refractivity (Wildman–Crippen MR) is 178 cm³/mol. The van der Waals surface area contributed by atoms with Gasteiger partial charge in [-0.3, -0.25) is 9.59 Å². The van der Waals surface area contributed by atoms with Crippen LogP contribution in [0, 0.1) is 0 Å². The molecule has 0 fully saturated rings. The standard InChI is InChI=1S/C37H42N4O5/c1-23(35(45)46-37(5,6)7)40-32(43)20-31(41-34(44)27-12-16-29(17-13-27)36(2,3)4)25-8-10-26(11-9-25)33-38-21-28(22-39-33)24-14-18-30(42)19-15-24/h8-19,21-23,31,42H,20H2,1-7H3,(H,40,43)(H,41,44)/t23-,31+/m1/s1. The summed E-state index contributed by atoms with van der Waals surface area (Å²) in [7, 11) is 0. The maximum absolute atomic E-state index is 13.4. The first-order valence-electron chi connectivity index (χ1n) is 15.2. The van der Waals surface area contributed by atoms with Gasteiger partial charge in [-0.2, -0.15) is 0 Å². The molecule has 0 aliphatic carbocycles. The van der Waals surface area contributed by atoms with E-state index in [0.29, 0.717) is 17.0 Å². The van der Waals surface area contributed by atoms with Crippen LogP contribution in [0.4, 0.5) is 0 Å². The zero-order valence-corrected chi connectivity index (χ0v) is 27.4. The summed E-state index contributed by atoms with van der Waals surface area (Å²) in [6.07, 6.45) is 3.33.